The van der Waals surface area contributed by atoms with E-state index in [-0.39, 0.29) is 6.09 Å². The maximum Gasteiger partial charge on any atom is 0.407 e. The van der Waals surface area contributed by atoms with Crippen LogP contribution in [0.3, 0.4) is 0 Å². The van der Waals surface area contributed by atoms with E-state index in [0.29, 0.717) is 6.54 Å². The van der Waals surface area contributed by atoms with Gasteiger partial charge in [0.15, 0.2) is 0 Å². The molecule has 0 aliphatic carbocycles. The highest BCUT2D eigenvalue weighted by Crippen LogP contribution is 2.08. The van der Waals surface area contributed by atoms with Gasteiger partial charge >= 0.3 is 6.09 Å². The summed E-state index contributed by atoms with van der Waals surface area (Å²) in [6.45, 7) is 6.12. The number of halogens is 1. The summed E-state index contributed by atoms with van der Waals surface area (Å²) in [7, 11) is 0. The van der Waals surface area contributed by atoms with Crippen molar-refractivity contribution < 1.29 is 9.53 Å². The molecule has 4 nitrogen and oxygen atoms in total. The van der Waals surface area contributed by atoms with Gasteiger partial charge in [-0.15, -0.1) is 0 Å². The van der Waals surface area contributed by atoms with E-state index in [1.54, 1.807) is 0 Å². The quantitative estimate of drug-likeness (QED) is 0.685. The predicted molar refractivity (Wildman–Crippen MR) is 74.5 cm³/mol. The van der Waals surface area contributed by atoms with Crippen LogP contribution in [0.1, 0.15) is 32.9 Å². The zero-order chi connectivity index (χ0) is 13.6. The molecular weight excluding hydrogens is 296 g/mol. The molecule has 0 bridgehead atoms. The normalized spacial score (nSPS) is 11.1. The Bertz CT molecular complexity index is 402. The van der Waals surface area contributed by atoms with Gasteiger partial charge in [0.05, 0.1) is 0 Å². The van der Waals surface area contributed by atoms with E-state index in [9.17, 15) is 4.79 Å². The van der Waals surface area contributed by atoms with Crippen LogP contribution in [0.2, 0.25) is 0 Å². The molecule has 0 aliphatic rings. The third-order valence-electron chi connectivity index (χ3n) is 2.05. The smallest absolute Gasteiger partial charge is 0.407 e. The molecule has 5 heteroatoms. The molecule has 0 aliphatic heterocycles. The SMILES string of the molecule is CC(C)(C)OC(=O)NCCCc1cccc(Br)n1. The fourth-order valence-corrected chi connectivity index (χ4v) is 1.74. The zero-order valence-corrected chi connectivity index (χ0v) is 12.6. The Morgan fingerprint density at radius 3 is 2.78 bits per heavy atom. The third-order valence-corrected chi connectivity index (χ3v) is 2.49. The van der Waals surface area contributed by atoms with Crippen LogP contribution in [0.4, 0.5) is 4.79 Å². The summed E-state index contributed by atoms with van der Waals surface area (Å²) in [5.41, 5.74) is 0.561. The van der Waals surface area contributed by atoms with Crippen LogP contribution in [-0.4, -0.2) is 23.2 Å². The van der Waals surface area contributed by atoms with Crippen molar-refractivity contribution in [1.29, 1.82) is 0 Å². The van der Waals surface area contributed by atoms with Crippen molar-refractivity contribution >= 4 is 22.0 Å². The van der Waals surface area contributed by atoms with Crippen molar-refractivity contribution in [3.05, 3.63) is 28.5 Å². The first-order valence-corrected chi connectivity index (χ1v) is 6.74. The molecule has 1 aromatic heterocycles. The number of carbonyl (C=O) groups is 1. The fraction of sp³-hybridized carbons (Fsp3) is 0.538. The molecule has 0 aromatic carbocycles. The molecule has 0 spiro atoms. The second kappa shape index (κ2) is 6.73. The van der Waals surface area contributed by atoms with E-state index < -0.39 is 5.60 Å². The summed E-state index contributed by atoms with van der Waals surface area (Å²) in [5.74, 6) is 0. The lowest BCUT2D eigenvalue weighted by Crippen LogP contribution is -2.33. The summed E-state index contributed by atoms with van der Waals surface area (Å²) in [5, 5.41) is 2.72. The fourth-order valence-electron chi connectivity index (χ4n) is 1.36. The number of alkyl carbamates (subject to hydrolysis) is 1. The molecule has 0 saturated carbocycles. The molecule has 0 atom stereocenters. The molecule has 0 saturated heterocycles. The van der Waals surface area contributed by atoms with E-state index in [2.05, 4.69) is 26.2 Å². The molecule has 1 N–H and O–H groups in total. The Labute approximate surface area is 116 Å². The lowest BCUT2D eigenvalue weighted by Gasteiger charge is -2.19. The number of nitrogens with zero attached hydrogens (tertiary/aromatic N) is 1. The van der Waals surface area contributed by atoms with Gasteiger partial charge in [-0.25, -0.2) is 9.78 Å². The average molecular weight is 315 g/mol. The van der Waals surface area contributed by atoms with Gasteiger partial charge in [-0.2, -0.15) is 0 Å². The van der Waals surface area contributed by atoms with Crippen LogP contribution in [0.5, 0.6) is 0 Å². The number of ether oxygens (including phenoxy) is 1. The highest BCUT2D eigenvalue weighted by atomic mass is 79.9. The second-order valence-electron chi connectivity index (χ2n) is 4.98. The summed E-state index contributed by atoms with van der Waals surface area (Å²) >= 11 is 3.33. The molecular formula is C13H19BrN2O2. The Kier molecular flexibility index (Phi) is 5.59. The van der Waals surface area contributed by atoms with Gasteiger partial charge in [0.2, 0.25) is 0 Å². The van der Waals surface area contributed by atoms with Crippen LogP contribution in [0.25, 0.3) is 0 Å². The Morgan fingerprint density at radius 2 is 2.17 bits per heavy atom. The van der Waals surface area contributed by atoms with E-state index in [1.165, 1.54) is 0 Å². The van der Waals surface area contributed by atoms with Gasteiger partial charge in [0.25, 0.3) is 0 Å². The second-order valence-corrected chi connectivity index (χ2v) is 5.80. The van der Waals surface area contributed by atoms with Crippen molar-refractivity contribution in [2.75, 3.05) is 6.54 Å². The van der Waals surface area contributed by atoms with Gasteiger partial charge in [-0.05, 0) is 61.7 Å². The number of hydrogen-bond donors (Lipinski definition) is 1. The molecule has 1 rings (SSSR count). The van der Waals surface area contributed by atoms with Crippen LogP contribution >= 0.6 is 15.9 Å². The Morgan fingerprint density at radius 1 is 1.44 bits per heavy atom. The molecule has 100 valence electrons. The lowest BCUT2D eigenvalue weighted by molar-refractivity contribution is 0.0527. The van der Waals surface area contributed by atoms with Crippen LogP contribution in [-0.2, 0) is 11.2 Å². The predicted octanol–water partition coefficient (Wildman–Crippen LogP) is 3.30. The monoisotopic (exact) mass is 314 g/mol. The number of nitrogens with one attached hydrogen (secondary N) is 1. The first-order chi connectivity index (χ1) is 8.37. The molecule has 0 fully saturated rings. The number of aromatic nitrogens is 1. The van der Waals surface area contributed by atoms with Crippen LogP contribution in [0.15, 0.2) is 22.8 Å². The summed E-state index contributed by atoms with van der Waals surface area (Å²) in [4.78, 5) is 15.7. The third kappa shape index (κ3) is 6.59. The standard InChI is InChI=1S/C13H19BrN2O2/c1-13(2,3)18-12(17)15-9-5-7-10-6-4-8-11(14)16-10/h4,6,8H,5,7,9H2,1-3H3,(H,15,17). The van der Waals surface area contributed by atoms with Gasteiger partial charge in [0, 0.05) is 12.2 Å². The highest BCUT2D eigenvalue weighted by Gasteiger charge is 2.15. The average Bonchev–Trinajstić information content (AvgIpc) is 2.22. The minimum Gasteiger partial charge on any atom is -0.444 e. The summed E-state index contributed by atoms with van der Waals surface area (Å²) < 4.78 is 5.97. The van der Waals surface area contributed by atoms with Gasteiger partial charge in [-0.1, -0.05) is 6.07 Å². The van der Waals surface area contributed by atoms with Crippen molar-refractivity contribution in [3.63, 3.8) is 0 Å². The molecule has 1 amide bonds. The largest absolute Gasteiger partial charge is 0.444 e. The van der Waals surface area contributed by atoms with E-state index in [4.69, 9.17) is 4.74 Å². The van der Waals surface area contributed by atoms with E-state index in [1.807, 2.05) is 39.0 Å². The lowest BCUT2D eigenvalue weighted by atomic mass is 10.2. The summed E-state index contributed by atoms with van der Waals surface area (Å²) in [6.07, 6.45) is 1.29. The minimum atomic E-state index is -0.448. The number of pyridine rings is 1. The van der Waals surface area contributed by atoms with Crippen molar-refractivity contribution in [2.24, 2.45) is 0 Å². The van der Waals surface area contributed by atoms with Gasteiger partial charge in [-0.3, -0.25) is 0 Å². The minimum absolute atomic E-state index is 0.371. The first kappa shape index (κ1) is 15.0. The van der Waals surface area contributed by atoms with Gasteiger partial charge < -0.3 is 10.1 Å². The van der Waals surface area contributed by atoms with Crippen molar-refractivity contribution in [1.82, 2.24) is 10.3 Å². The number of aryl methyl sites for hydroxylation is 1. The van der Waals surface area contributed by atoms with E-state index >= 15 is 0 Å². The molecule has 1 aromatic rings. The Balaban J connectivity index is 2.21. The Hall–Kier alpha value is -1.10. The maximum atomic E-state index is 11.4. The van der Waals surface area contributed by atoms with Crippen molar-refractivity contribution in [3.8, 4) is 0 Å². The zero-order valence-electron chi connectivity index (χ0n) is 11.0. The number of carbonyl (C=O) groups excluding carboxylic acids is 1. The van der Waals surface area contributed by atoms with Gasteiger partial charge in [0.1, 0.15) is 10.2 Å². The summed E-state index contributed by atoms with van der Waals surface area (Å²) in [6, 6.07) is 5.81. The van der Waals surface area contributed by atoms with E-state index in [0.717, 1.165) is 23.1 Å². The topological polar surface area (TPSA) is 51.2 Å². The molecule has 0 radical (unpaired) electrons. The number of rotatable bonds is 4. The first-order valence-electron chi connectivity index (χ1n) is 5.95. The molecule has 1 heterocycles. The number of amides is 1. The highest BCUT2D eigenvalue weighted by molar-refractivity contribution is 9.10. The van der Waals surface area contributed by atoms with Crippen molar-refractivity contribution in [2.45, 2.75) is 39.2 Å². The maximum absolute atomic E-state index is 11.4. The molecule has 18 heavy (non-hydrogen) atoms. The van der Waals surface area contributed by atoms with Crippen LogP contribution in [0, 0.1) is 0 Å². The number of hydrogen-bond acceptors (Lipinski definition) is 3. The molecule has 0 unspecified atom stereocenters. The van der Waals surface area contributed by atoms with Crippen LogP contribution < -0.4 is 5.32 Å².